The molecule has 0 unspecified atom stereocenters. The fourth-order valence-electron chi connectivity index (χ4n) is 2.53. The summed E-state index contributed by atoms with van der Waals surface area (Å²) in [5.74, 6) is 0.358. The van der Waals surface area contributed by atoms with Crippen molar-refractivity contribution in [1.29, 1.82) is 0 Å². The molecule has 0 amide bonds. The summed E-state index contributed by atoms with van der Waals surface area (Å²) in [5.41, 5.74) is 2.02. The normalized spacial score (nSPS) is 20.8. The number of rotatable bonds is 1. The summed E-state index contributed by atoms with van der Waals surface area (Å²) in [6, 6.07) is 4.73. The molecule has 0 spiro atoms. The molecule has 2 nitrogen and oxygen atoms in total. The van der Waals surface area contributed by atoms with Gasteiger partial charge in [-0.05, 0) is 36.1 Å². The molecule has 3 rings (SSSR count). The van der Waals surface area contributed by atoms with E-state index in [4.69, 9.17) is 0 Å². The van der Waals surface area contributed by atoms with Crippen LogP contribution in [0, 0.1) is 5.82 Å². The maximum absolute atomic E-state index is 13.2. The largest absolute Gasteiger partial charge is 0.361 e. The Labute approximate surface area is 92.5 Å². The third-order valence-corrected chi connectivity index (χ3v) is 3.36. The first-order valence-corrected chi connectivity index (χ1v) is 5.52. The summed E-state index contributed by atoms with van der Waals surface area (Å²) >= 11 is 0. The number of hydrogen-bond donors (Lipinski definition) is 1. The van der Waals surface area contributed by atoms with Gasteiger partial charge in [0.25, 0.3) is 0 Å². The van der Waals surface area contributed by atoms with Crippen LogP contribution < -0.4 is 0 Å². The Hall–Kier alpha value is -1.64. The molecule has 3 heteroatoms. The maximum Gasteiger partial charge on any atom is 0.133 e. The molecule has 1 aliphatic carbocycles. The number of Topliss-reactive ketones (excluding diaryl/α,β-unsaturated/α-hetero) is 1. The van der Waals surface area contributed by atoms with Crippen molar-refractivity contribution >= 4 is 16.7 Å². The fraction of sp³-hybridized carbons (Fsp3) is 0.308. The van der Waals surface area contributed by atoms with Crippen LogP contribution in [0.5, 0.6) is 0 Å². The predicted molar refractivity (Wildman–Crippen MR) is 59.9 cm³/mol. The van der Waals surface area contributed by atoms with Gasteiger partial charge in [0, 0.05) is 29.9 Å². The second-order valence-corrected chi connectivity index (χ2v) is 4.41. The Morgan fingerprint density at radius 2 is 2.25 bits per heavy atom. The van der Waals surface area contributed by atoms with Gasteiger partial charge in [-0.1, -0.05) is 0 Å². The van der Waals surface area contributed by atoms with Crippen LogP contribution in [-0.4, -0.2) is 10.8 Å². The highest BCUT2D eigenvalue weighted by Crippen LogP contribution is 2.36. The minimum Gasteiger partial charge on any atom is -0.361 e. The first-order valence-electron chi connectivity index (χ1n) is 5.52. The van der Waals surface area contributed by atoms with Crippen molar-refractivity contribution in [3.63, 3.8) is 0 Å². The van der Waals surface area contributed by atoms with Crippen molar-refractivity contribution in [3.8, 4) is 0 Å². The van der Waals surface area contributed by atoms with Crippen molar-refractivity contribution in [3.05, 3.63) is 35.8 Å². The van der Waals surface area contributed by atoms with Crippen molar-refractivity contribution in [2.45, 2.75) is 25.2 Å². The molecular weight excluding hydrogens is 205 g/mol. The quantitative estimate of drug-likeness (QED) is 0.782. The SMILES string of the molecule is O=C1CC[C@@H](c2c[nH]c3ccc(F)cc23)C1. The number of nitrogens with one attached hydrogen (secondary N) is 1. The summed E-state index contributed by atoms with van der Waals surface area (Å²) in [6.45, 7) is 0. The summed E-state index contributed by atoms with van der Waals surface area (Å²) in [4.78, 5) is 14.4. The average molecular weight is 217 g/mol. The highest BCUT2D eigenvalue weighted by Gasteiger charge is 2.25. The molecule has 1 heterocycles. The van der Waals surface area contributed by atoms with E-state index in [9.17, 15) is 9.18 Å². The van der Waals surface area contributed by atoms with Crippen molar-refractivity contribution < 1.29 is 9.18 Å². The smallest absolute Gasteiger partial charge is 0.133 e. The van der Waals surface area contributed by atoms with Gasteiger partial charge in [0.05, 0.1) is 0 Å². The molecule has 0 radical (unpaired) electrons. The van der Waals surface area contributed by atoms with E-state index < -0.39 is 0 Å². The zero-order valence-corrected chi connectivity index (χ0v) is 8.79. The first kappa shape index (κ1) is 9.58. The van der Waals surface area contributed by atoms with E-state index in [0.29, 0.717) is 18.6 Å². The molecule has 1 fully saturated rings. The van der Waals surface area contributed by atoms with Gasteiger partial charge in [-0.2, -0.15) is 0 Å². The Bertz CT molecular complexity index is 558. The van der Waals surface area contributed by atoms with Crippen LogP contribution in [0.3, 0.4) is 0 Å². The van der Waals surface area contributed by atoms with Gasteiger partial charge in [0.2, 0.25) is 0 Å². The Morgan fingerprint density at radius 1 is 1.38 bits per heavy atom. The number of carbonyl (C=O) groups excluding carboxylic acids is 1. The summed E-state index contributed by atoms with van der Waals surface area (Å²) in [7, 11) is 0. The van der Waals surface area contributed by atoms with Crippen molar-refractivity contribution in [1.82, 2.24) is 4.98 Å². The second kappa shape index (κ2) is 3.44. The summed E-state index contributed by atoms with van der Waals surface area (Å²) in [6.07, 6.45) is 4.06. The summed E-state index contributed by atoms with van der Waals surface area (Å²) in [5, 5.41) is 0.916. The first-order chi connectivity index (χ1) is 7.74. The molecule has 1 aliphatic rings. The van der Waals surface area contributed by atoms with Crippen LogP contribution in [0.1, 0.15) is 30.7 Å². The molecule has 0 bridgehead atoms. The van der Waals surface area contributed by atoms with Gasteiger partial charge >= 0.3 is 0 Å². The third kappa shape index (κ3) is 1.43. The second-order valence-electron chi connectivity index (χ2n) is 4.41. The van der Waals surface area contributed by atoms with E-state index in [-0.39, 0.29) is 11.7 Å². The van der Waals surface area contributed by atoms with Crippen LogP contribution in [0.4, 0.5) is 4.39 Å². The van der Waals surface area contributed by atoms with Crippen LogP contribution in [-0.2, 0) is 4.79 Å². The van der Waals surface area contributed by atoms with Crippen LogP contribution >= 0.6 is 0 Å². The number of aromatic amines is 1. The standard InChI is InChI=1S/C13H12FNO/c14-9-2-4-13-11(6-9)12(7-15-13)8-1-3-10(16)5-8/h2,4,6-8,15H,1,3,5H2/t8-/m1/s1. The molecule has 1 aromatic carbocycles. The zero-order chi connectivity index (χ0) is 11.1. The van der Waals surface area contributed by atoms with Crippen molar-refractivity contribution in [2.75, 3.05) is 0 Å². The molecule has 16 heavy (non-hydrogen) atoms. The highest BCUT2D eigenvalue weighted by atomic mass is 19.1. The lowest BCUT2D eigenvalue weighted by atomic mass is 9.97. The van der Waals surface area contributed by atoms with E-state index in [0.717, 1.165) is 22.9 Å². The van der Waals surface area contributed by atoms with E-state index >= 15 is 0 Å². The lowest BCUT2D eigenvalue weighted by Crippen LogP contribution is -1.92. The number of fused-ring (bicyclic) bond motifs is 1. The molecular formula is C13H12FNO. The van der Waals surface area contributed by atoms with E-state index in [2.05, 4.69) is 4.98 Å². The lowest BCUT2D eigenvalue weighted by molar-refractivity contribution is -0.117. The fourth-order valence-corrected chi connectivity index (χ4v) is 2.53. The number of ketones is 1. The molecule has 1 atom stereocenters. The van der Waals surface area contributed by atoms with E-state index in [1.807, 2.05) is 6.20 Å². The lowest BCUT2D eigenvalue weighted by Gasteiger charge is -2.05. The molecule has 1 aromatic heterocycles. The van der Waals surface area contributed by atoms with Crippen molar-refractivity contribution in [2.24, 2.45) is 0 Å². The zero-order valence-electron chi connectivity index (χ0n) is 8.79. The maximum atomic E-state index is 13.2. The number of carbonyl (C=O) groups is 1. The van der Waals surface area contributed by atoms with Gasteiger partial charge in [0.1, 0.15) is 11.6 Å². The molecule has 1 saturated carbocycles. The number of H-pyrrole nitrogens is 1. The molecule has 2 aromatic rings. The molecule has 0 aliphatic heterocycles. The minimum absolute atomic E-state index is 0.224. The number of halogens is 1. The topological polar surface area (TPSA) is 32.9 Å². The minimum atomic E-state index is -0.224. The van der Waals surface area contributed by atoms with Gasteiger partial charge in [-0.25, -0.2) is 4.39 Å². The highest BCUT2D eigenvalue weighted by molar-refractivity contribution is 5.87. The van der Waals surface area contributed by atoms with Gasteiger partial charge < -0.3 is 4.98 Å². The Balaban J connectivity index is 2.09. The van der Waals surface area contributed by atoms with Gasteiger partial charge in [0.15, 0.2) is 0 Å². The number of benzene rings is 1. The Morgan fingerprint density at radius 3 is 3.00 bits per heavy atom. The average Bonchev–Trinajstić information content (AvgIpc) is 2.83. The summed E-state index contributed by atoms with van der Waals surface area (Å²) < 4.78 is 13.2. The monoisotopic (exact) mass is 217 g/mol. The van der Waals surface area contributed by atoms with E-state index in [1.54, 1.807) is 12.1 Å². The van der Waals surface area contributed by atoms with E-state index in [1.165, 1.54) is 6.07 Å². The number of hydrogen-bond acceptors (Lipinski definition) is 1. The molecule has 1 N–H and O–H groups in total. The van der Waals surface area contributed by atoms with Gasteiger partial charge in [-0.3, -0.25) is 4.79 Å². The molecule has 0 saturated heterocycles. The van der Waals surface area contributed by atoms with Crippen LogP contribution in [0.15, 0.2) is 24.4 Å². The third-order valence-electron chi connectivity index (χ3n) is 3.36. The number of aromatic nitrogens is 1. The molecule has 82 valence electrons. The predicted octanol–water partition coefficient (Wildman–Crippen LogP) is 3.14. The van der Waals surface area contributed by atoms with Crippen LogP contribution in [0.2, 0.25) is 0 Å². The van der Waals surface area contributed by atoms with Crippen LogP contribution in [0.25, 0.3) is 10.9 Å². The Kier molecular flexibility index (Phi) is 2.06. The van der Waals surface area contributed by atoms with Gasteiger partial charge in [-0.15, -0.1) is 0 Å².